The van der Waals surface area contributed by atoms with Crippen LogP contribution in [-0.2, 0) is 0 Å². The third-order valence-corrected chi connectivity index (χ3v) is 6.51. The Morgan fingerprint density at radius 2 is 1.44 bits per heavy atom. The Morgan fingerprint density at radius 3 is 1.67 bits per heavy atom. The van der Waals surface area contributed by atoms with E-state index < -0.39 is 8.07 Å². The maximum atomic E-state index is 8.92. The van der Waals surface area contributed by atoms with Crippen LogP contribution in [0.4, 0.5) is 0 Å². The molecule has 0 amide bonds. The first-order valence-electron chi connectivity index (χ1n) is 3.55. The van der Waals surface area contributed by atoms with Gasteiger partial charge >= 0.3 is 0 Å². The SMILES string of the molecule is OC[Si]1(CO)CCCC1. The van der Waals surface area contributed by atoms with Crippen molar-refractivity contribution in [3.05, 3.63) is 0 Å². The summed E-state index contributed by atoms with van der Waals surface area (Å²) < 4.78 is 0. The molecule has 1 rings (SSSR count). The van der Waals surface area contributed by atoms with Crippen molar-refractivity contribution in [1.29, 1.82) is 0 Å². The normalized spacial score (nSPS) is 24.7. The van der Waals surface area contributed by atoms with Crippen molar-refractivity contribution < 1.29 is 10.2 Å². The van der Waals surface area contributed by atoms with E-state index in [9.17, 15) is 0 Å². The van der Waals surface area contributed by atoms with E-state index in [2.05, 4.69) is 0 Å². The standard InChI is InChI=1S/C6H14O2Si/c7-5-9(6-8)3-1-2-4-9/h7-8H,1-6H2. The number of aliphatic hydroxyl groups excluding tert-OH is 2. The molecule has 2 N–H and O–H groups in total. The predicted molar refractivity (Wildman–Crippen MR) is 38.8 cm³/mol. The van der Waals surface area contributed by atoms with E-state index in [1.54, 1.807) is 0 Å². The van der Waals surface area contributed by atoms with Gasteiger partial charge in [0.25, 0.3) is 0 Å². The third-order valence-electron chi connectivity index (χ3n) is 2.34. The van der Waals surface area contributed by atoms with Crippen LogP contribution in [-0.4, -0.2) is 30.7 Å². The zero-order chi connectivity index (χ0) is 6.74. The molecule has 0 aromatic rings. The maximum absolute atomic E-state index is 8.92. The predicted octanol–water partition coefficient (Wildman–Crippen LogP) is 0.292. The molecule has 0 unspecified atom stereocenters. The zero-order valence-corrected chi connectivity index (χ0v) is 6.64. The Morgan fingerprint density at radius 1 is 1.00 bits per heavy atom. The van der Waals surface area contributed by atoms with Gasteiger partial charge in [-0.25, -0.2) is 0 Å². The van der Waals surface area contributed by atoms with Crippen LogP contribution >= 0.6 is 0 Å². The van der Waals surface area contributed by atoms with Gasteiger partial charge in [0.2, 0.25) is 0 Å². The molecule has 3 heteroatoms. The van der Waals surface area contributed by atoms with E-state index in [0.29, 0.717) is 12.5 Å². The number of aliphatic hydroxyl groups is 2. The fourth-order valence-electron chi connectivity index (χ4n) is 1.49. The Hall–Kier alpha value is 0.137. The molecule has 0 radical (unpaired) electrons. The molecule has 1 aliphatic heterocycles. The minimum Gasteiger partial charge on any atom is -0.400 e. The van der Waals surface area contributed by atoms with Crippen LogP contribution in [0.2, 0.25) is 12.1 Å². The van der Waals surface area contributed by atoms with Gasteiger partial charge in [-0.2, -0.15) is 0 Å². The van der Waals surface area contributed by atoms with Crippen molar-refractivity contribution in [2.75, 3.05) is 12.5 Å². The van der Waals surface area contributed by atoms with E-state index in [4.69, 9.17) is 10.2 Å². The molecule has 2 nitrogen and oxygen atoms in total. The number of hydrogen-bond donors (Lipinski definition) is 2. The lowest BCUT2D eigenvalue weighted by Gasteiger charge is -2.19. The highest BCUT2D eigenvalue weighted by atomic mass is 28.3. The van der Waals surface area contributed by atoms with Gasteiger partial charge in [-0.1, -0.05) is 24.9 Å². The summed E-state index contributed by atoms with van der Waals surface area (Å²) in [6.45, 7) is 0. The molecule has 54 valence electrons. The van der Waals surface area contributed by atoms with Crippen LogP contribution < -0.4 is 0 Å². The van der Waals surface area contributed by atoms with Crippen molar-refractivity contribution >= 4 is 8.07 Å². The van der Waals surface area contributed by atoms with Crippen molar-refractivity contribution in [3.63, 3.8) is 0 Å². The number of rotatable bonds is 2. The average molecular weight is 146 g/mol. The van der Waals surface area contributed by atoms with Crippen molar-refractivity contribution in [2.24, 2.45) is 0 Å². The zero-order valence-electron chi connectivity index (χ0n) is 5.64. The molecule has 0 bridgehead atoms. The maximum Gasteiger partial charge on any atom is 0.112 e. The van der Waals surface area contributed by atoms with Gasteiger partial charge < -0.3 is 10.2 Å². The highest BCUT2D eigenvalue weighted by Gasteiger charge is 2.34. The molecule has 0 aromatic carbocycles. The first-order chi connectivity index (χ1) is 4.33. The Labute approximate surface area is 56.5 Å². The lowest BCUT2D eigenvalue weighted by atomic mass is 10.4. The molecular weight excluding hydrogens is 132 g/mol. The molecule has 0 aliphatic carbocycles. The van der Waals surface area contributed by atoms with Gasteiger partial charge in [0.1, 0.15) is 8.07 Å². The van der Waals surface area contributed by atoms with Crippen molar-refractivity contribution in [2.45, 2.75) is 24.9 Å². The van der Waals surface area contributed by atoms with E-state index in [1.807, 2.05) is 0 Å². The highest BCUT2D eigenvalue weighted by Crippen LogP contribution is 2.28. The van der Waals surface area contributed by atoms with Gasteiger partial charge in [0.15, 0.2) is 0 Å². The largest absolute Gasteiger partial charge is 0.400 e. The molecule has 9 heavy (non-hydrogen) atoms. The first-order valence-corrected chi connectivity index (χ1v) is 6.38. The lowest BCUT2D eigenvalue weighted by Crippen LogP contribution is -2.40. The smallest absolute Gasteiger partial charge is 0.112 e. The summed E-state index contributed by atoms with van der Waals surface area (Å²) >= 11 is 0. The van der Waals surface area contributed by atoms with Gasteiger partial charge in [0, 0.05) is 12.5 Å². The fraction of sp³-hybridized carbons (Fsp3) is 1.00. The average Bonchev–Trinajstić information content (AvgIpc) is 2.36. The second-order valence-corrected chi connectivity index (χ2v) is 7.66. The summed E-state index contributed by atoms with van der Waals surface area (Å²) in [7, 11) is -1.47. The van der Waals surface area contributed by atoms with E-state index in [1.165, 1.54) is 12.8 Å². The number of hydrogen-bond acceptors (Lipinski definition) is 2. The second kappa shape index (κ2) is 2.81. The summed E-state index contributed by atoms with van der Waals surface area (Å²) in [6, 6.07) is 2.28. The van der Waals surface area contributed by atoms with Gasteiger partial charge in [-0.3, -0.25) is 0 Å². The highest BCUT2D eigenvalue weighted by molar-refractivity contribution is 6.80. The lowest BCUT2D eigenvalue weighted by molar-refractivity contribution is 0.320. The second-order valence-electron chi connectivity index (χ2n) is 3.02. The van der Waals surface area contributed by atoms with Crippen LogP contribution in [0, 0.1) is 0 Å². The minimum absolute atomic E-state index is 0.295. The van der Waals surface area contributed by atoms with Gasteiger partial charge in [0.05, 0.1) is 0 Å². The molecular formula is C6H14O2Si. The van der Waals surface area contributed by atoms with Crippen LogP contribution in [0.3, 0.4) is 0 Å². The molecule has 0 saturated carbocycles. The first kappa shape index (κ1) is 7.25. The minimum atomic E-state index is -1.47. The van der Waals surface area contributed by atoms with E-state index >= 15 is 0 Å². The summed E-state index contributed by atoms with van der Waals surface area (Å²) in [5.41, 5.74) is 0. The Balaban J connectivity index is 2.45. The molecule has 0 spiro atoms. The Kier molecular flexibility index (Phi) is 2.27. The molecule has 0 aromatic heterocycles. The summed E-state index contributed by atoms with van der Waals surface area (Å²) in [5.74, 6) is 0. The van der Waals surface area contributed by atoms with E-state index in [-0.39, 0.29) is 0 Å². The molecule has 1 heterocycles. The summed E-state index contributed by atoms with van der Waals surface area (Å²) in [5, 5.41) is 17.8. The van der Waals surface area contributed by atoms with E-state index in [0.717, 1.165) is 12.1 Å². The Bertz CT molecular complexity index is 83.1. The molecule has 0 atom stereocenters. The quantitative estimate of drug-likeness (QED) is 0.550. The topological polar surface area (TPSA) is 40.5 Å². The van der Waals surface area contributed by atoms with Gasteiger partial charge in [-0.15, -0.1) is 0 Å². The third kappa shape index (κ3) is 1.34. The van der Waals surface area contributed by atoms with Crippen LogP contribution in [0.25, 0.3) is 0 Å². The fourth-order valence-corrected chi connectivity index (χ4v) is 4.47. The molecule has 1 aliphatic rings. The summed E-state index contributed by atoms with van der Waals surface area (Å²) in [6.07, 6.45) is 3.05. The summed E-state index contributed by atoms with van der Waals surface area (Å²) in [4.78, 5) is 0. The van der Waals surface area contributed by atoms with Crippen molar-refractivity contribution in [1.82, 2.24) is 0 Å². The van der Waals surface area contributed by atoms with Gasteiger partial charge in [-0.05, 0) is 0 Å². The monoisotopic (exact) mass is 146 g/mol. The van der Waals surface area contributed by atoms with Crippen LogP contribution in [0.1, 0.15) is 12.8 Å². The molecule has 1 fully saturated rings. The molecule has 1 saturated heterocycles. The van der Waals surface area contributed by atoms with Crippen LogP contribution in [0.5, 0.6) is 0 Å². The van der Waals surface area contributed by atoms with Crippen molar-refractivity contribution in [3.8, 4) is 0 Å². The van der Waals surface area contributed by atoms with Crippen LogP contribution in [0.15, 0.2) is 0 Å².